The zero-order valence-corrected chi connectivity index (χ0v) is 24.4. The van der Waals surface area contributed by atoms with Crippen LogP contribution < -0.4 is 9.64 Å². The lowest BCUT2D eigenvalue weighted by molar-refractivity contribution is 0.0989. The van der Waals surface area contributed by atoms with E-state index >= 15 is 0 Å². The summed E-state index contributed by atoms with van der Waals surface area (Å²) in [4.78, 5) is 23.3. The predicted molar refractivity (Wildman–Crippen MR) is 157 cm³/mol. The molecule has 2 aliphatic heterocycles. The van der Waals surface area contributed by atoms with E-state index in [1.54, 1.807) is 7.11 Å². The fraction of sp³-hybridized carbons (Fsp3) is 0.290. The Morgan fingerprint density at radius 1 is 1.05 bits per heavy atom. The van der Waals surface area contributed by atoms with E-state index in [9.17, 15) is 4.79 Å². The second-order valence-corrected chi connectivity index (χ2v) is 11.6. The van der Waals surface area contributed by atoms with Crippen molar-refractivity contribution in [3.05, 3.63) is 86.7 Å². The first-order valence-corrected chi connectivity index (χ1v) is 13.7. The Kier molecular flexibility index (Phi) is 6.25. The highest BCUT2D eigenvalue weighted by molar-refractivity contribution is 6.35. The van der Waals surface area contributed by atoms with Crippen molar-refractivity contribution in [1.29, 1.82) is 0 Å². The third-order valence-corrected chi connectivity index (χ3v) is 8.11. The summed E-state index contributed by atoms with van der Waals surface area (Å²) in [5.74, 6) is 1.31. The second kappa shape index (κ2) is 9.40. The van der Waals surface area contributed by atoms with Crippen molar-refractivity contribution in [2.75, 3.05) is 26.1 Å². The largest absolute Gasteiger partial charge is 0.496 e. The lowest BCUT2D eigenvalue weighted by Crippen LogP contribution is -2.34. The molecule has 3 aromatic carbocycles. The summed E-state index contributed by atoms with van der Waals surface area (Å²) >= 11 is 13.3. The maximum Gasteiger partial charge on any atom is 0.279 e. The summed E-state index contributed by atoms with van der Waals surface area (Å²) < 4.78 is 7.97. The van der Waals surface area contributed by atoms with Gasteiger partial charge in [-0.3, -0.25) is 9.69 Å². The molecule has 0 N–H and O–H groups in total. The maximum absolute atomic E-state index is 14.3. The number of aryl methyl sites for hydroxylation is 1. The van der Waals surface area contributed by atoms with E-state index in [2.05, 4.69) is 35.4 Å². The van der Waals surface area contributed by atoms with Crippen LogP contribution in [-0.4, -0.2) is 41.6 Å². The molecule has 0 aliphatic carbocycles. The molecule has 0 spiro atoms. The normalized spacial score (nSPS) is 15.5. The van der Waals surface area contributed by atoms with Gasteiger partial charge in [-0.25, -0.2) is 4.98 Å². The predicted octanol–water partition coefficient (Wildman–Crippen LogP) is 7.55. The van der Waals surface area contributed by atoms with Crippen LogP contribution in [0.15, 0.2) is 48.5 Å². The number of methoxy groups -OCH3 is 1. The minimum Gasteiger partial charge on any atom is -0.496 e. The fourth-order valence-corrected chi connectivity index (χ4v) is 6.49. The van der Waals surface area contributed by atoms with E-state index in [1.165, 1.54) is 0 Å². The SMILES string of the molecule is COc1ccc(CN(C)C)cc1-c1nc2c(n1C(C)C)C1c3ccc(Cl)cc3-c3c(Cl)ccc(C)c3N1C2=O. The van der Waals surface area contributed by atoms with Gasteiger partial charge in [0.2, 0.25) is 0 Å². The number of aromatic nitrogens is 2. The van der Waals surface area contributed by atoms with Crippen molar-refractivity contribution in [3.63, 3.8) is 0 Å². The van der Waals surface area contributed by atoms with E-state index in [-0.39, 0.29) is 18.0 Å². The number of ether oxygens (including phenoxy) is 1. The third kappa shape index (κ3) is 3.88. The Morgan fingerprint density at radius 3 is 2.51 bits per heavy atom. The van der Waals surface area contributed by atoms with Crippen molar-refractivity contribution >= 4 is 34.8 Å². The number of rotatable bonds is 5. The fourth-order valence-electron chi connectivity index (χ4n) is 6.06. The molecule has 39 heavy (non-hydrogen) atoms. The van der Waals surface area contributed by atoms with Crippen LogP contribution in [0.5, 0.6) is 5.75 Å². The molecule has 6 nitrogen and oxygen atoms in total. The molecule has 1 atom stereocenters. The minimum absolute atomic E-state index is 0.0313. The number of anilines is 1. The van der Waals surface area contributed by atoms with Gasteiger partial charge in [0.25, 0.3) is 5.91 Å². The average Bonchev–Trinajstić information content (AvgIpc) is 3.41. The number of fused-ring (bicyclic) bond motifs is 8. The lowest BCUT2D eigenvalue weighted by Gasteiger charge is -2.37. The number of nitrogens with zero attached hydrogens (tertiary/aromatic N) is 4. The number of imidazole rings is 1. The van der Waals surface area contributed by atoms with Gasteiger partial charge in [0, 0.05) is 23.2 Å². The lowest BCUT2D eigenvalue weighted by atomic mass is 9.86. The summed E-state index contributed by atoms with van der Waals surface area (Å²) in [6.45, 7) is 7.03. The standard InChI is InChI=1S/C31H30Cl2N4O2/c1-16(2)36-29-26(34-30(36)22-13-18(15-35(4)5)8-12-24(22)39-6)31(38)37-27-17(3)7-11-23(33)25(27)21-14-19(32)9-10-20(21)28(29)37/h7-14,16,28H,15H2,1-6H3. The van der Waals surface area contributed by atoms with Gasteiger partial charge in [-0.2, -0.15) is 0 Å². The van der Waals surface area contributed by atoms with Gasteiger partial charge >= 0.3 is 0 Å². The second-order valence-electron chi connectivity index (χ2n) is 10.8. The molecule has 1 amide bonds. The van der Waals surface area contributed by atoms with Crippen molar-refractivity contribution < 1.29 is 9.53 Å². The van der Waals surface area contributed by atoms with E-state index in [0.29, 0.717) is 15.7 Å². The number of carbonyl (C=O) groups is 1. The number of carbonyl (C=O) groups excluding carboxylic acids is 1. The summed E-state index contributed by atoms with van der Waals surface area (Å²) in [6.07, 6.45) is 0. The number of amides is 1. The summed E-state index contributed by atoms with van der Waals surface area (Å²) in [5.41, 5.74) is 7.87. The molecule has 0 saturated carbocycles. The van der Waals surface area contributed by atoms with E-state index < -0.39 is 0 Å². The molecule has 1 aromatic heterocycles. The molecule has 6 rings (SSSR count). The maximum atomic E-state index is 14.3. The molecule has 2 aliphatic rings. The molecule has 4 aromatic rings. The molecule has 0 radical (unpaired) electrons. The zero-order chi connectivity index (χ0) is 27.7. The Balaban J connectivity index is 1.64. The van der Waals surface area contributed by atoms with E-state index in [0.717, 1.165) is 62.9 Å². The molecule has 1 unspecified atom stereocenters. The number of hydrogen-bond acceptors (Lipinski definition) is 4. The molecule has 8 heteroatoms. The number of hydrogen-bond donors (Lipinski definition) is 0. The zero-order valence-electron chi connectivity index (χ0n) is 22.8. The molecular formula is C31H30Cl2N4O2. The first kappa shape index (κ1) is 25.9. The molecule has 0 saturated heterocycles. The van der Waals surface area contributed by atoms with Crippen molar-refractivity contribution in [2.45, 2.75) is 39.4 Å². The summed E-state index contributed by atoms with van der Waals surface area (Å²) in [5, 5.41) is 1.21. The molecular weight excluding hydrogens is 531 g/mol. The molecule has 200 valence electrons. The highest BCUT2D eigenvalue weighted by atomic mass is 35.5. The highest BCUT2D eigenvalue weighted by Gasteiger charge is 2.49. The summed E-state index contributed by atoms with van der Waals surface area (Å²) in [6, 6.07) is 15.5. The van der Waals surface area contributed by atoms with Crippen LogP contribution in [0.25, 0.3) is 22.5 Å². The Labute approximate surface area is 238 Å². The minimum atomic E-state index is -0.357. The third-order valence-electron chi connectivity index (χ3n) is 7.56. The van der Waals surface area contributed by atoms with E-state index in [4.69, 9.17) is 32.9 Å². The van der Waals surface area contributed by atoms with Crippen LogP contribution in [-0.2, 0) is 6.54 Å². The van der Waals surface area contributed by atoms with Gasteiger partial charge in [0.1, 0.15) is 17.6 Å². The van der Waals surface area contributed by atoms with Gasteiger partial charge in [-0.05, 0) is 87.5 Å². The van der Waals surface area contributed by atoms with Crippen LogP contribution in [0.4, 0.5) is 5.69 Å². The quantitative estimate of drug-likeness (QED) is 0.253. The van der Waals surface area contributed by atoms with Gasteiger partial charge < -0.3 is 14.2 Å². The highest BCUT2D eigenvalue weighted by Crippen LogP contribution is 2.56. The topological polar surface area (TPSA) is 50.6 Å². The van der Waals surface area contributed by atoms with Crippen LogP contribution >= 0.6 is 23.2 Å². The Morgan fingerprint density at radius 2 is 1.82 bits per heavy atom. The number of halogens is 2. The summed E-state index contributed by atoms with van der Waals surface area (Å²) in [7, 11) is 5.75. The van der Waals surface area contributed by atoms with Crippen molar-refractivity contribution in [1.82, 2.24) is 14.5 Å². The molecule has 0 fully saturated rings. The van der Waals surface area contributed by atoms with Gasteiger partial charge in [0.15, 0.2) is 5.69 Å². The van der Waals surface area contributed by atoms with Gasteiger partial charge in [0.05, 0.1) is 29.1 Å². The first-order valence-electron chi connectivity index (χ1n) is 13.0. The van der Waals surface area contributed by atoms with Crippen LogP contribution in [0, 0.1) is 6.92 Å². The van der Waals surface area contributed by atoms with Gasteiger partial charge in [-0.15, -0.1) is 0 Å². The average molecular weight is 562 g/mol. The Bertz CT molecular complexity index is 1660. The van der Waals surface area contributed by atoms with Crippen LogP contribution in [0.3, 0.4) is 0 Å². The molecule has 0 bridgehead atoms. The first-order chi connectivity index (χ1) is 18.6. The van der Waals surface area contributed by atoms with Crippen LogP contribution in [0.1, 0.15) is 58.8 Å². The van der Waals surface area contributed by atoms with Crippen LogP contribution in [0.2, 0.25) is 10.0 Å². The van der Waals surface area contributed by atoms with Gasteiger partial charge in [-0.1, -0.05) is 41.4 Å². The molecule has 3 heterocycles. The van der Waals surface area contributed by atoms with Crippen molar-refractivity contribution in [3.8, 4) is 28.3 Å². The Hall–Kier alpha value is -3.32. The number of benzene rings is 3. The van der Waals surface area contributed by atoms with Crippen molar-refractivity contribution in [2.24, 2.45) is 0 Å². The monoisotopic (exact) mass is 560 g/mol. The van der Waals surface area contributed by atoms with E-state index in [1.807, 2.05) is 62.3 Å². The smallest absolute Gasteiger partial charge is 0.279 e.